The molecule has 1 aliphatic heterocycles. The van der Waals surface area contributed by atoms with Gasteiger partial charge in [0.05, 0.1) is 0 Å². The Bertz CT molecular complexity index is 1940. The fourth-order valence-electron chi connectivity index (χ4n) is 7.29. The van der Waals surface area contributed by atoms with Crippen LogP contribution in [0.4, 0.5) is 0 Å². The SMILES string of the molecule is c1ccc(COc2ccc(CNCCCN3CCN(CCCNCc4ccc(OCc5ccccc5)c(OCc5ccccc5)c4)CC3)cc2OCc2ccccc2)cc1. The van der Waals surface area contributed by atoms with Gasteiger partial charge >= 0.3 is 0 Å². The van der Waals surface area contributed by atoms with E-state index in [1.54, 1.807) is 0 Å². The van der Waals surface area contributed by atoms with Crippen LogP contribution in [0.25, 0.3) is 0 Å². The Kier molecular flexibility index (Phi) is 16.9. The van der Waals surface area contributed by atoms with Gasteiger partial charge in [0.2, 0.25) is 0 Å². The normalized spacial score (nSPS) is 13.2. The number of hydrogen-bond donors (Lipinski definition) is 2. The first kappa shape index (κ1) is 42.5. The Hall–Kier alpha value is -5.64. The van der Waals surface area contributed by atoms with E-state index in [1.165, 1.54) is 11.1 Å². The minimum absolute atomic E-state index is 0.499. The smallest absolute Gasteiger partial charge is 0.162 e. The molecule has 60 heavy (non-hydrogen) atoms. The fourth-order valence-corrected chi connectivity index (χ4v) is 7.29. The molecular weight excluding hydrogens is 745 g/mol. The van der Waals surface area contributed by atoms with Gasteiger partial charge in [0.1, 0.15) is 26.4 Å². The molecule has 1 heterocycles. The lowest BCUT2D eigenvalue weighted by atomic mass is 10.2. The molecule has 0 atom stereocenters. The molecule has 1 saturated heterocycles. The molecule has 0 amide bonds. The van der Waals surface area contributed by atoms with E-state index in [4.69, 9.17) is 18.9 Å². The molecule has 1 aliphatic rings. The standard InChI is InChI=1S/C52H60N4O4/c1-5-15-43(16-6-1)39-57-49-25-23-47(35-51(49)59-41-45-19-9-3-10-20-45)37-53-27-13-29-55-31-33-56(34-32-55)30-14-28-54-38-48-24-26-50(58-40-44-17-7-2-8-18-44)52(36-48)60-42-46-21-11-4-12-22-46/h1-12,15-26,35-36,53-54H,13-14,27-34,37-42H2. The summed E-state index contributed by atoms with van der Waals surface area (Å²) >= 11 is 0. The average Bonchev–Trinajstić information content (AvgIpc) is 3.31. The molecule has 2 N–H and O–H groups in total. The number of nitrogens with one attached hydrogen (secondary N) is 2. The first-order valence-electron chi connectivity index (χ1n) is 21.5. The zero-order valence-electron chi connectivity index (χ0n) is 34.9. The molecule has 7 rings (SSSR count). The van der Waals surface area contributed by atoms with Gasteiger partial charge in [0.15, 0.2) is 23.0 Å². The Morgan fingerprint density at radius 3 is 1.00 bits per heavy atom. The fraction of sp³-hybridized carbons (Fsp3) is 0.308. The maximum Gasteiger partial charge on any atom is 0.162 e. The topological polar surface area (TPSA) is 67.5 Å². The van der Waals surface area contributed by atoms with E-state index < -0.39 is 0 Å². The Morgan fingerprint density at radius 2 is 0.667 bits per heavy atom. The summed E-state index contributed by atoms with van der Waals surface area (Å²) in [6.45, 7) is 12.3. The van der Waals surface area contributed by atoms with Crippen LogP contribution in [0.2, 0.25) is 0 Å². The molecule has 0 aromatic heterocycles. The summed E-state index contributed by atoms with van der Waals surface area (Å²) in [5, 5.41) is 7.31. The first-order valence-corrected chi connectivity index (χ1v) is 21.5. The Balaban J connectivity index is 0.777. The third kappa shape index (κ3) is 14.3. The largest absolute Gasteiger partial charge is 0.485 e. The van der Waals surface area contributed by atoms with Gasteiger partial charge in [-0.2, -0.15) is 0 Å². The van der Waals surface area contributed by atoms with Gasteiger partial charge in [-0.15, -0.1) is 0 Å². The maximum atomic E-state index is 6.29. The third-order valence-electron chi connectivity index (χ3n) is 10.7. The molecule has 0 unspecified atom stereocenters. The van der Waals surface area contributed by atoms with Gasteiger partial charge in [0, 0.05) is 39.3 Å². The van der Waals surface area contributed by atoms with Crippen LogP contribution in [0, 0.1) is 0 Å². The molecule has 6 aromatic rings. The Morgan fingerprint density at radius 1 is 0.350 bits per heavy atom. The zero-order chi connectivity index (χ0) is 40.9. The monoisotopic (exact) mass is 804 g/mol. The number of hydrogen-bond acceptors (Lipinski definition) is 8. The lowest BCUT2D eigenvalue weighted by Gasteiger charge is -2.34. The Labute approximate surface area is 357 Å². The van der Waals surface area contributed by atoms with Crippen molar-refractivity contribution < 1.29 is 18.9 Å². The van der Waals surface area contributed by atoms with Crippen LogP contribution >= 0.6 is 0 Å². The van der Waals surface area contributed by atoms with Crippen molar-refractivity contribution in [3.8, 4) is 23.0 Å². The van der Waals surface area contributed by atoms with Crippen molar-refractivity contribution >= 4 is 0 Å². The highest BCUT2D eigenvalue weighted by molar-refractivity contribution is 5.44. The van der Waals surface area contributed by atoms with Gasteiger partial charge in [-0.3, -0.25) is 0 Å². The lowest BCUT2D eigenvalue weighted by molar-refractivity contribution is 0.130. The molecule has 8 heteroatoms. The second-order valence-electron chi connectivity index (χ2n) is 15.4. The summed E-state index contributed by atoms with van der Waals surface area (Å²) in [6, 6.07) is 53.6. The van der Waals surface area contributed by atoms with E-state index in [2.05, 4.69) is 93.2 Å². The van der Waals surface area contributed by atoms with Crippen molar-refractivity contribution in [3.05, 3.63) is 191 Å². The molecule has 0 spiro atoms. The van der Waals surface area contributed by atoms with E-state index in [9.17, 15) is 0 Å². The van der Waals surface area contributed by atoms with Crippen molar-refractivity contribution in [1.82, 2.24) is 20.4 Å². The minimum atomic E-state index is 0.499. The van der Waals surface area contributed by atoms with Crippen LogP contribution in [0.15, 0.2) is 158 Å². The quantitative estimate of drug-likeness (QED) is 0.0588. The summed E-state index contributed by atoms with van der Waals surface area (Å²) in [5.74, 6) is 3.08. The van der Waals surface area contributed by atoms with Crippen molar-refractivity contribution in [2.75, 3.05) is 52.4 Å². The highest BCUT2D eigenvalue weighted by Gasteiger charge is 2.16. The predicted octanol–water partition coefficient (Wildman–Crippen LogP) is 9.28. The summed E-state index contributed by atoms with van der Waals surface area (Å²) in [7, 11) is 0. The zero-order valence-corrected chi connectivity index (χ0v) is 34.9. The van der Waals surface area contributed by atoms with Crippen LogP contribution in [-0.2, 0) is 39.5 Å². The lowest BCUT2D eigenvalue weighted by Crippen LogP contribution is -2.47. The van der Waals surface area contributed by atoms with Crippen molar-refractivity contribution in [2.24, 2.45) is 0 Å². The summed E-state index contributed by atoms with van der Waals surface area (Å²) < 4.78 is 25.0. The molecule has 8 nitrogen and oxygen atoms in total. The number of benzene rings is 6. The van der Waals surface area contributed by atoms with Crippen molar-refractivity contribution in [3.63, 3.8) is 0 Å². The van der Waals surface area contributed by atoms with Gasteiger partial charge in [-0.1, -0.05) is 133 Å². The van der Waals surface area contributed by atoms with Crippen molar-refractivity contribution in [2.45, 2.75) is 52.4 Å². The first-order chi connectivity index (χ1) is 29.7. The van der Waals surface area contributed by atoms with Gasteiger partial charge < -0.3 is 39.4 Å². The molecule has 0 bridgehead atoms. The molecule has 6 aromatic carbocycles. The molecule has 0 saturated carbocycles. The highest BCUT2D eigenvalue weighted by Crippen LogP contribution is 2.31. The van der Waals surface area contributed by atoms with Crippen LogP contribution in [-0.4, -0.2) is 62.2 Å². The second kappa shape index (κ2) is 23.8. The third-order valence-corrected chi connectivity index (χ3v) is 10.7. The summed E-state index contributed by atoms with van der Waals surface area (Å²) in [6.07, 6.45) is 2.25. The highest BCUT2D eigenvalue weighted by atomic mass is 16.5. The van der Waals surface area contributed by atoms with Gasteiger partial charge in [0.25, 0.3) is 0 Å². The minimum Gasteiger partial charge on any atom is -0.485 e. The number of nitrogens with zero attached hydrogens (tertiary/aromatic N) is 2. The molecular formula is C52H60N4O4. The van der Waals surface area contributed by atoms with Crippen LogP contribution in [0.1, 0.15) is 46.2 Å². The predicted molar refractivity (Wildman–Crippen MR) is 242 cm³/mol. The van der Waals surface area contributed by atoms with E-state index in [-0.39, 0.29) is 0 Å². The van der Waals surface area contributed by atoms with E-state index in [0.29, 0.717) is 26.4 Å². The number of piperazine rings is 1. The second-order valence-corrected chi connectivity index (χ2v) is 15.4. The number of rotatable bonds is 24. The summed E-state index contributed by atoms with van der Waals surface area (Å²) in [4.78, 5) is 5.21. The van der Waals surface area contributed by atoms with E-state index in [1.807, 2.05) is 84.9 Å². The van der Waals surface area contributed by atoms with E-state index in [0.717, 1.165) is 124 Å². The molecule has 0 radical (unpaired) electrons. The van der Waals surface area contributed by atoms with Gasteiger partial charge in [-0.05, 0) is 96.7 Å². The van der Waals surface area contributed by atoms with Crippen LogP contribution < -0.4 is 29.6 Å². The van der Waals surface area contributed by atoms with Gasteiger partial charge in [-0.25, -0.2) is 0 Å². The van der Waals surface area contributed by atoms with E-state index >= 15 is 0 Å². The van der Waals surface area contributed by atoms with Crippen LogP contribution in [0.3, 0.4) is 0 Å². The number of ether oxygens (including phenoxy) is 4. The molecule has 312 valence electrons. The van der Waals surface area contributed by atoms with Crippen LogP contribution in [0.5, 0.6) is 23.0 Å². The van der Waals surface area contributed by atoms with Crippen molar-refractivity contribution in [1.29, 1.82) is 0 Å². The molecule has 1 fully saturated rings. The maximum absolute atomic E-state index is 6.29. The summed E-state index contributed by atoms with van der Waals surface area (Å²) in [5.41, 5.74) is 6.90. The molecule has 0 aliphatic carbocycles. The average molecular weight is 805 g/mol.